The van der Waals surface area contributed by atoms with Crippen LogP contribution in [0.3, 0.4) is 0 Å². The second-order valence-corrected chi connectivity index (χ2v) is 10.4. The topological polar surface area (TPSA) is 76.5 Å². The summed E-state index contributed by atoms with van der Waals surface area (Å²) in [7, 11) is 0. The molecule has 2 aliphatic heterocycles. The first kappa shape index (κ1) is 25.3. The monoisotopic (exact) mass is 480 g/mol. The van der Waals surface area contributed by atoms with Crippen LogP contribution in [0.2, 0.25) is 0 Å². The van der Waals surface area contributed by atoms with E-state index in [4.69, 9.17) is 4.74 Å². The third-order valence-corrected chi connectivity index (χ3v) is 7.64. The predicted octanol–water partition coefficient (Wildman–Crippen LogP) is 5.02. The van der Waals surface area contributed by atoms with E-state index in [0.29, 0.717) is 55.7 Å². The molecule has 0 atom stereocenters. The number of carbonyl (C=O) groups excluding carboxylic acids is 2. The molecule has 1 fully saturated rings. The third-order valence-electron chi connectivity index (χ3n) is 7.64. The maximum Gasteiger partial charge on any atom is 0.272 e. The van der Waals surface area contributed by atoms with E-state index in [1.54, 1.807) is 0 Å². The molecule has 1 saturated heterocycles. The molecule has 4 rings (SSSR count). The third kappa shape index (κ3) is 5.88. The molecule has 0 radical (unpaired) electrons. The Bertz CT molecular complexity index is 1020. The van der Waals surface area contributed by atoms with Gasteiger partial charge < -0.3 is 15.0 Å². The van der Waals surface area contributed by atoms with Crippen LogP contribution in [-0.2, 0) is 6.54 Å². The van der Waals surface area contributed by atoms with Crippen molar-refractivity contribution in [3.8, 4) is 5.75 Å². The molecule has 0 saturated carbocycles. The lowest BCUT2D eigenvalue weighted by Gasteiger charge is -2.42. The Morgan fingerprint density at radius 3 is 2.60 bits per heavy atom. The van der Waals surface area contributed by atoms with Gasteiger partial charge in [0, 0.05) is 26.2 Å². The summed E-state index contributed by atoms with van der Waals surface area (Å²) < 4.78 is 7.75. The van der Waals surface area contributed by atoms with Crippen LogP contribution in [0, 0.1) is 5.41 Å². The van der Waals surface area contributed by atoms with Crippen LogP contribution in [0.5, 0.6) is 5.75 Å². The lowest BCUT2D eigenvalue weighted by atomic mass is 9.74. The average molecular weight is 481 g/mol. The zero-order valence-electron chi connectivity index (χ0n) is 21.5. The number of nitrogens with one attached hydrogen (secondary N) is 1. The van der Waals surface area contributed by atoms with Crippen LogP contribution in [0.1, 0.15) is 98.2 Å². The van der Waals surface area contributed by atoms with Gasteiger partial charge in [-0.15, -0.1) is 0 Å². The quantitative estimate of drug-likeness (QED) is 0.669. The molecule has 190 valence electrons. The smallest absolute Gasteiger partial charge is 0.272 e. The van der Waals surface area contributed by atoms with E-state index < -0.39 is 0 Å². The number of likely N-dealkylation sites (tertiary alicyclic amines) is 1. The number of ether oxygens (including phenoxy) is 1. The molecule has 2 aromatic rings. The molecule has 3 heterocycles. The summed E-state index contributed by atoms with van der Waals surface area (Å²) in [5.74, 6) is 0.942. The molecule has 35 heavy (non-hydrogen) atoms. The van der Waals surface area contributed by atoms with E-state index in [1.165, 1.54) is 0 Å². The highest BCUT2D eigenvalue weighted by Crippen LogP contribution is 2.37. The van der Waals surface area contributed by atoms with E-state index in [2.05, 4.69) is 24.3 Å². The summed E-state index contributed by atoms with van der Waals surface area (Å²) in [6.07, 6.45) is 7.29. The summed E-state index contributed by atoms with van der Waals surface area (Å²) in [5, 5.41) is 7.84. The van der Waals surface area contributed by atoms with Gasteiger partial charge in [0.15, 0.2) is 0 Å². The van der Waals surface area contributed by atoms with Crippen LogP contribution in [0.25, 0.3) is 0 Å². The molecule has 1 spiro atoms. The van der Waals surface area contributed by atoms with Gasteiger partial charge in [-0.1, -0.05) is 45.2 Å². The van der Waals surface area contributed by atoms with Gasteiger partial charge in [-0.2, -0.15) is 5.10 Å². The summed E-state index contributed by atoms with van der Waals surface area (Å²) in [6, 6.07) is 9.46. The van der Waals surface area contributed by atoms with Crippen molar-refractivity contribution in [2.24, 2.45) is 5.41 Å². The number of nitrogens with zero attached hydrogens (tertiary/aromatic N) is 3. The molecule has 1 aromatic heterocycles. The summed E-state index contributed by atoms with van der Waals surface area (Å²) in [5.41, 5.74) is 2.27. The highest BCUT2D eigenvalue weighted by molar-refractivity contribution is 5.97. The normalized spacial score (nSPS) is 19.2. The maximum atomic E-state index is 13.4. The predicted molar refractivity (Wildman–Crippen MR) is 137 cm³/mol. The molecular weight excluding hydrogens is 440 g/mol. The maximum absolute atomic E-state index is 13.4. The summed E-state index contributed by atoms with van der Waals surface area (Å²) in [4.78, 5) is 28.4. The zero-order valence-corrected chi connectivity index (χ0v) is 21.5. The molecule has 2 amide bonds. The van der Waals surface area contributed by atoms with Crippen LogP contribution in [0.15, 0.2) is 30.3 Å². The van der Waals surface area contributed by atoms with Gasteiger partial charge in [0.1, 0.15) is 11.4 Å². The number of piperidine rings is 1. The largest absolute Gasteiger partial charge is 0.493 e. The molecule has 0 aliphatic carbocycles. The minimum Gasteiger partial charge on any atom is -0.493 e. The Kier molecular flexibility index (Phi) is 8.14. The van der Waals surface area contributed by atoms with Crippen molar-refractivity contribution in [2.45, 2.75) is 78.2 Å². The first-order valence-corrected chi connectivity index (χ1v) is 13.3. The van der Waals surface area contributed by atoms with Crippen molar-refractivity contribution in [2.75, 3.05) is 26.2 Å². The van der Waals surface area contributed by atoms with E-state index >= 15 is 0 Å². The minimum absolute atomic E-state index is 0.0182. The summed E-state index contributed by atoms with van der Waals surface area (Å²) >= 11 is 0. The Hall–Kier alpha value is -2.83. The number of para-hydroxylation sites is 1. The second-order valence-electron chi connectivity index (χ2n) is 10.4. The van der Waals surface area contributed by atoms with Crippen molar-refractivity contribution in [1.82, 2.24) is 20.0 Å². The molecular formula is C28H40N4O3. The molecule has 1 aromatic carbocycles. The molecule has 2 aliphatic rings. The molecule has 7 heteroatoms. The second kappa shape index (κ2) is 11.3. The number of fused-ring (bicyclic) bond motifs is 1. The standard InChI is InChI=1S/C28H40N4O3/c1-4-32-24(19-23(30-32)21(2)3)27(34)31-16-14-28(15-17-31)13-9-5-6-10-18-35-25-12-8-7-11-22(25)26(33)29-20-28/h7-8,11-12,19,21H,4-6,9-10,13-18,20H2,1-3H3,(H,29,33). The van der Waals surface area contributed by atoms with Crippen LogP contribution >= 0.6 is 0 Å². The highest BCUT2D eigenvalue weighted by atomic mass is 16.5. The Morgan fingerprint density at radius 2 is 1.86 bits per heavy atom. The molecule has 7 nitrogen and oxygen atoms in total. The van der Waals surface area contributed by atoms with Crippen molar-refractivity contribution in [3.05, 3.63) is 47.3 Å². The number of aromatic nitrogens is 2. The number of hydrogen-bond donors (Lipinski definition) is 1. The van der Waals surface area contributed by atoms with Gasteiger partial charge in [-0.3, -0.25) is 14.3 Å². The SMILES string of the molecule is CCn1nc(C(C)C)cc1C(=O)N1CCC2(CCCCCCOc3ccccc3C(=O)NC2)CC1. The van der Waals surface area contributed by atoms with Gasteiger partial charge in [0.2, 0.25) is 0 Å². The zero-order chi connectivity index (χ0) is 24.8. The van der Waals surface area contributed by atoms with E-state index in [1.807, 2.05) is 46.8 Å². The molecule has 0 unspecified atom stereocenters. The number of benzene rings is 1. The van der Waals surface area contributed by atoms with Crippen LogP contribution < -0.4 is 10.1 Å². The van der Waals surface area contributed by atoms with Crippen LogP contribution in [0.4, 0.5) is 0 Å². The van der Waals surface area contributed by atoms with E-state index in [0.717, 1.165) is 50.6 Å². The van der Waals surface area contributed by atoms with E-state index in [9.17, 15) is 9.59 Å². The van der Waals surface area contributed by atoms with Gasteiger partial charge in [0.25, 0.3) is 11.8 Å². The van der Waals surface area contributed by atoms with Gasteiger partial charge >= 0.3 is 0 Å². The van der Waals surface area contributed by atoms with Crippen molar-refractivity contribution in [1.29, 1.82) is 0 Å². The number of carbonyl (C=O) groups is 2. The Balaban J connectivity index is 1.46. The minimum atomic E-state index is -0.0780. The fourth-order valence-corrected chi connectivity index (χ4v) is 5.27. The fourth-order valence-electron chi connectivity index (χ4n) is 5.27. The number of rotatable bonds is 3. The number of aryl methyl sites for hydroxylation is 1. The first-order chi connectivity index (χ1) is 16.9. The van der Waals surface area contributed by atoms with Crippen molar-refractivity contribution < 1.29 is 14.3 Å². The fraction of sp³-hybridized carbons (Fsp3) is 0.607. The molecule has 1 N–H and O–H groups in total. The highest BCUT2D eigenvalue weighted by Gasteiger charge is 2.37. The Morgan fingerprint density at radius 1 is 1.11 bits per heavy atom. The number of hydrogen-bond acceptors (Lipinski definition) is 4. The van der Waals surface area contributed by atoms with Gasteiger partial charge in [-0.25, -0.2) is 0 Å². The Labute approximate surface area is 209 Å². The van der Waals surface area contributed by atoms with Crippen molar-refractivity contribution >= 4 is 11.8 Å². The van der Waals surface area contributed by atoms with Crippen LogP contribution in [-0.4, -0.2) is 52.7 Å². The summed E-state index contributed by atoms with van der Waals surface area (Å²) in [6.45, 7) is 9.60. The lowest BCUT2D eigenvalue weighted by molar-refractivity contribution is 0.0525. The molecule has 0 bridgehead atoms. The van der Waals surface area contributed by atoms with Gasteiger partial charge in [-0.05, 0) is 62.1 Å². The lowest BCUT2D eigenvalue weighted by Crippen LogP contribution is -2.48. The van der Waals surface area contributed by atoms with Gasteiger partial charge in [0.05, 0.1) is 17.9 Å². The average Bonchev–Trinajstić information content (AvgIpc) is 3.32. The van der Waals surface area contributed by atoms with E-state index in [-0.39, 0.29) is 17.2 Å². The first-order valence-electron chi connectivity index (χ1n) is 13.3. The van der Waals surface area contributed by atoms with Crippen molar-refractivity contribution in [3.63, 3.8) is 0 Å². The number of amides is 2.